The van der Waals surface area contributed by atoms with Crippen LogP contribution in [0.1, 0.15) is 11.4 Å². The minimum Gasteiger partial charge on any atom is -0.326 e. The molecule has 0 aliphatic heterocycles. The molecule has 13 heteroatoms. The molecule has 0 unspecified atom stereocenters. The maximum Gasteiger partial charge on any atom is 0.416 e. The molecule has 0 aliphatic carbocycles. The number of nitrogens with zero attached hydrogens (tertiary/aromatic N) is 3. The maximum absolute atomic E-state index is 12.8. The zero-order chi connectivity index (χ0) is 24.2. The number of hydrogen-bond acceptors (Lipinski definition) is 5. The molecule has 0 aliphatic rings. The Kier molecular flexibility index (Phi) is 8.03. The molecule has 0 bridgehead atoms. The largest absolute Gasteiger partial charge is 0.416 e. The summed E-state index contributed by atoms with van der Waals surface area (Å²) in [4.78, 5) is 24.5. The summed E-state index contributed by atoms with van der Waals surface area (Å²) in [7, 11) is 1.63. The number of amides is 2. The van der Waals surface area contributed by atoms with Crippen LogP contribution in [0.4, 0.5) is 24.5 Å². The third-order valence-corrected chi connectivity index (χ3v) is 6.51. The number of carbonyl (C=O) groups is 2. The lowest BCUT2D eigenvalue weighted by Crippen LogP contribution is -2.18. The summed E-state index contributed by atoms with van der Waals surface area (Å²) in [6, 6.07) is 9.37. The van der Waals surface area contributed by atoms with Gasteiger partial charge in [0.05, 0.1) is 22.8 Å². The van der Waals surface area contributed by atoms with E-state index in [4.69, 9.17) is 11.6 Å². The molecule has 2 N–H and O–H groups in total. The van der Waals surface area contributed by atoms with E-state index in [-0.39, 0.29) is 23.8 Å². The van der Waals surface area contributed by atoms with E-state index in [9.17, 15) is 22.8 Å². The van der Waals surface area contributed by atoms with E-state index in [0.29, 0.717) is 26.2 Å². The first kappa shape index (κ1) is 25.1. The Labute approximate surface area is 204 Å². The SMILES string of the molecule is Cn1c(CC(=O)Nc2cccc(C(F)(F)F)c2)nnc1SCC(=O)Nc1ccc(Br)c(Cl)c1. The molecule has 2 aromatic carbocycles. The van der Waals surface area contributed by atoms with Crippen LogP contribution >= 0.6 is 39.3 Å². The summed E-state index contributed by atoms with van der Waals surface area (Å²) in [5.41, 5.74) is -0.295. The topological polar surface area (TPSA) is 88.9 Å². The molecule has 33 heavy (non-hydrogen) atoms. The van der Waals surface area contributed by atoms with Crippen LogP contribution < -0.4 is 10.6 Å². The van der Waals surface area contributed by atoms with Crippen LogP contribution in [0, 0.1) is 0 Å². The van der Waals surface area contributed by atoms with Crippen LogP contribution in [-0.2, 0) is 29.2 Å². The predicted molar refractivity (Wildman–Crippen MR) is 123 cm³/mol. The van der Waals surface area contributed by atoms with Gasteiger partial charge in [0.1, 0.15) is 5.82 Å². The Bertz CT molecular complexity index is 1190. The Morgan fingerprint density at radius 1 is 1.09 bits per heavy atom. The van der Waals surface area contributed by atoms with Gasteiger partial charge in [0.15, 0.2) is 5.16 Å². The molecule has 1 aromatic heterocycles. The summed E-state index contributed by atoms with van der Waals surface area (Å²) in [5, 5.41) is 13.9. The molecule has 7 nitrogen and oxygen atoms in total. The van der Waals surface area contributed by atoms with E-state index in [1.54, 1.807) is 29.8 Å². The van der Waals surface area contributed by atoms with Crippen LogP contribution in [0.3, 0.4) is 0 Å². The molecule has 3 aromatic rings. The van der Waals surface area contributed by atoms with E-state index < -0.39 is 17.6 Å². The first-order valence-electron chi connectivity index (χ1n) is 9.26. The molecule has 0 spiro atoms. The van der Waals surface area contributed by atoms with Crippen molar-refractivity contribution in [3.05, 3.63) is 63.3 Å². The van der Waals surface area contributed by atoms with E-state index in [2.05, 4.69) is 36.8 Å². The highest BCUT2D eigenvalue weighted by atomic mass is 79.9. The number of alkyl halides is 3. The smallest absolute Gasteiger partial charge is 0.326 e. The molecule has 0 atom stereocenters. The average Bonchev–Trinajstić information content (AvgIpc) is 3.08. The lowest BCUT2D eigenvalue weighted by molar-refractivity contribution is -0.137. The quantitative estimate of drug-likeness (QED) is 0.388. The van der Waals surface area contributed by atoms with Crippen molar-refractivity contribution in [2.75, 3.05) is 16.4 Å². The van der Waals surface area contributed by atoms with Crippen molar-refractivity contribution >= 4 is 62.5 Å². The van der Waals surface area contributed by atoms with E-state index >= 15 is 0 Å². The molecule has 174 valence electrons. The number of aromatic nitrogens is 3. The predicted octanol–water partition coefficient (Wildman–Crippen LogP) is 5.16. The summed E-state index contributed by atoms with van der Waals surface area (Å²) in [5.74, 6) is -0.505. The van der Waals surface area contributed by atoms with Crippen molar-refractivity contribution in [1.29, 1.82) is 0 Å². The van der Waals surface area contributed by atoms with Gasteiger partial charge in [0, 0.05) is 22.9 Å². The van der Waals surface area contributed by atoms with Crippen LogP contribution in [-0.4, -0.2) is 32.3 Å². The average molecular weight is 563 g/mol. The number of hydrogen-bond donors (Lipinski definition) is 2. The number of benzene rings is 2. The standard InChI is InChI=1S/C20H16BrClF3N5O2S/c1-30-16(9-17(31)26-12-4-2-3-11(7-12)20(23,24)25)28-29-19(30)33-10-18(32)27-13-5-6-14(21)15(22)8-13/h2-8H,9-10H2,1H3,(H,26,31)(H,27,32). The van der Waals surface area contributed by atoms with Gasteiger partial charge in [-0.2, -0.15) is 13.2 Å². The van der Waals surface area contributed by atoms with Crippen LogP contribution in [0.5, 0.6) is 0 Å². The summed E-state index contributed by atoms with van der Waals surface area (Å²) in [6.45, 7) is 0. The number of nitrogens with one attached hydrogen (secondary N) is 2. The summed E-state index contributed by atoms with van der Waals surface area (Å²) >= 11 is 10.4. The number of anilines is 2. The number of rotatable bonds is 7. The summed E-state index contributed by atoms with van der Waals surface area (Å²) < 4.78 is 40.7. The van der Waals surface area contributed by atoms with Crippen molar-refractivity contribution in [2.45, 2.75) is 17.8 Å². The van der Waals surface area contributed by atoms with Gasteiger partial charge in [-0.1, -0.05) is 29.4 Å². The molecule has 3 rings (SSSR count). The van der Waals surface area contributed by atoms with Gasteiger partial charge in [-0.3, -0.25) is 9.59 Å². The molecular weight excluding hydrogens is 547 g/mol. The van der Waals surface area contributed by atoms with Crippen molar-refractivity contribution in [2.24, 2.45) is 7.05 Å². The fourth-order valence-corrected chi connectivity index (χ4v) is 3.80. The molecule has 1 heterocycles. The first-order chi connectivity index (χ1) is 15.5. The van der Waals surface area contributed by atoms with Crippen LogP contribution in [0.25, 0.3) is 0 Å². The Hall–Kier alpha value is -2.57. The first-order valence-corrected chi connectivity index (χ1v) is 11.4. The van der Waals surface area contributed by atoms with Gasteiger partial charge in [0.2, 0.25) is 11.8 Å². The molecule has 0 radical (unpaired) electrons. The molecule has 0 saturated carbocycles. The highest BCUT2D eigenvalue weighted by Crippen LogP contribution is 2.30. The van der Waals surface area contributed by atoms with Gasteiger partial charge >= 0.3 is 6.18 Å². The highest BCUT2D eigenvalue weighted by molar-refractivity contribution is 9.10. The Morgan fingerprint density at radius 3 is 2.48 bits per heavy atom. The second-order valence-corrected chi connectivity index (χ2v) is 8.93. The van der Waals surface area contributed by atoms with Crippen molar-refractivity contribution in [3.63, 3.8) is 0 Å². The Morgan fingerprint density at radius 2 is 1.79 bits per heavy atom. The normalized spacial score (nSPS) is 11.3. The van der Waals surface area contributed by atoms with E-state index in [0.717, 1.165) is 23.9 Å². The van der Waals surface area contributed by atoms with Gasteiger partial charge in [0.25, 0.3) is 0 Å². The zero-order valence-corrected chi connectivity index (χ0v) is 20.1. The van der Waals surface area contributed by atoms with Gasteiger partial charge in [-0.05, 0) is 52.3 Å². The van der Waals surface area contributed by atoms with Crippen molar-refractivity contribution < 1.29 is 22.8 Å². The molecule has 0 fully saturated rings. The van der Waals surface area contributed by atoms with Gasteiger partial charge in [-0.25, -0.2) is 0 Å². The molecule has 0 saturated heterocycles. The third kappa shape index (κ3) is 6.95. The van der Waals surface area contributed by atoms with Crippen LogP contribution in [0.15, 0.2) is 52.1 Å². The lowest BCUT2D eigenvalue weighted by atomic mass is 10.2. The minimum atomic E-state index is -4.51. The van der Waals surface area contributed by atoms with Crippen molar-refractivity contribution in [1.82, 2.24) is 14.8 Å². The Balaban J connectivity index is 1.55. The van der Waals surface area contributed by atoms with E-state index in [1.165, 1.54) is 12.1 Å². The van der Waals surface area contributed by atoms with E-state index in [1.807, 2.05) is 0 Å². The highest BCUT2D eigenvalue weighted by Gasteiger charge is 2.30. The maximum atomic E-state index is 12.8. The second kappa shape index (κ2) is 10.6. The second-order valence-electron chi connectivity index (χ2n) is 6.73. The number of halogens is 5. The number of thioether (sulfide) groups is 1. The molecular formula is C20H16BrClF3N5O2S. The monoisotopic (exact) mass is 561 g/mol. The summed E-state index contributed by atoms with van der Waals surface area (Å²) in [6.07, 6.45) is -4.71. The van der Waals surface area contributed by atoms with Crippen LogP contribution in [0.2, 0.25) is 5.02 Å². The van der Waals surface area contributed by atoms with Gasteiger partial charge in [-0.15, -0.1) is 10.2 Å². The zero-order valence-electron chi connectivity index (χ0n) is 16.9. The number of carbonyl (C=O) groups excluding carboxylic acids is 2. The van der Waals surface area contributed by atoms with Crippen molar-refractivity contribution in [3.8, 4) is 0 Å². The third-order valence-electron chi connectivity index (χ3n) is 4.25. The fraction of sp³-hybridized carbons (Fsp3) is 0.200. The van der Waals surface area contributed by atoms with Gasteiger partial charge < -0.3 is 15.2 Å². The minimum absolute atomic E-state index is 0.0244. The lowest BCUT2D eigenvalue weighted by Gasteiger charge is -2.10. The fourth-order valence-electron chi connectivity index (χ4n) is 2.65. The molecule has 2 amide bonds.